The average molecular weight is 201 g/mol. The Kier molecular flexibility index (Phi) is 9.77. The second-order valence-corrected chi connectivity index (χ2v) is 2.76. The first kappa shape index (κ1) is 13.5. The van der Waals surface area contributed by atoms with Gasteiger partial charge in [0, 0.05) is 12.8 Å². The highest BCUT2D eigenvalue weighted by molar-refractivity contribution is 6.63. The highest BCUT2D eigenvalue weighted by Gasteiger charge is 1.98. The van der Waals surface area contributed by atoms with Crippen LogP contribution in [0.15, 0.2) is 0 Å². The third-order valence-electron chi connectivity index (χ3n) is 0.997. The molecular formula is C6H10Cl2O3. The summed E-state index contributed by atoms with van der Waals surface area (Å²) < 4.78 is 0. The highest BCUT2D eigenvalue weighted by Crippen LogP contribution is 2.03. The molecule has 0 saturated carbocycles. The molecular weight excluding hydrogens is 191 g/mol. The van der Waals surface area contributed by atoms with Gasteiger partial charge in [-0.05, 0) is 36.0 Å². The van der Waals surface area contributed by atoms with Crippen molar-refractivity contribution in [2.75, 3.05) is 0 Å². The van der Waals surface area contributed by atoms with Crippen LogP contribution in [0.25, 0.3) is 0 Å². The normalized spacial score (nSPS) is 8.55. The van der Waals surface area contributed by atoms with E-state index in [4.69, 9.17) is 23.2 Å². The Balaban J connectivity index is 0. The summed E-state index contributed by atoms with van der Waals surface area (Å²) in [5.74, 6) is 0. The zero-order chi connectivity index (χ0) is 7.98. The van der Waals surface area contributed by atoms with Gasteiger partial charge in [-0.25, -0.2) is 0 Å². The third-order valence-corrected chi connectivity index (χ3v) is 1.37. The predicted octanol–water partition coefficient (Wildman–Crippen LogP) is 1.25. The van der Waals surface area contributed by atoms with Crippen molar-refractivity contribution in [1.29, 1.82) is 0 Å². The molecule has 0 amide bonds. The lowest BCUT2D eigenvalue weighted by Crippen LogP contribution is -1.89. The van der Waals surface area contributed by atoms with Crippen LogP contribution < -0.4 is 0 Å². The van der Waals surface area contributed by atoms with E-state index in [2.05, 4.69) is 0 Å². The van der Waals surface area contributed by atoms with Gasteiger partial charge in [-0.15, -0.1) is 0 Å². The van der Waals surface area contributed by atoms with E-state index in [9.17, 15) is 9.59 Å². The fourth-order valence-electron chi connectivity index (χ4n) is 0.528. The fourth-order valence-corrected chi connectivity index (χ4v) is 0.795. The second-order valence-electron chi connectivity index (χ2n) is 1.92. The Hall–Kier alpha value is -0.120. The van der Waals surface area contributed by atoms with Crippen molar-refractivity contribution in [3.63, 3.8) is 0 Å². The van der Waals surface area contributed by atoms with E-state index in [1.807, 2.05) is 0 Å². The Labute approximate surface area is 75.0 Å². The summed E-state index contributed by atoms with van der Waals surface area (Å²) in [7, 11) is 0. The summed E-state index contributed by atoms with van der Waals surface area (Å²) in [6.45, 7) is 0. The minimum atomic E-state index is -0.359. The Morgan fingerprint density at radius 3 is 1.36 bits per heavy atom. The maximum atomic E-state index is 10.1. The molecule has 0 atom stereocenters. The molecule has 0 bridgehead atoms. The molecule has 3 nitrogen and oxygen atoms in total. The highest BCUT2D eigenvalue weighted by atomic mass is 35.5. The predicted molar refractivity (Wildman–Crippen MR) is 43.8 cm³/mol. The summed E-state index contributed by atoms with van der Waals surface area (Å²) in [4.78, 5) is 20.3. The molecule has 0 aromatic rings. The van der Waals surface area contributed by atoms with Crippen LogP contribution in [0.5, 0.6) is 0 Å². The molecule has 11 heavy (non-hydrogen) atoms. The monoisotopic (exact) mass is 200 g/mol. The van der Waals surface area contributed by atoms with Crippen molar-refractivity contribution in [1.82, 2.24) is 0 Å². The number of hydrogen-bond acceptors (Lipinski definition) is 2. The van der Waals surface area contributed by atoms with Gasteiger partial charge < -0.3 is 5.48 Å². The van der Waals surface area contributed by atoms with Crippen molar-refractivity contribution in [2.45, 2.75) is 25.7 Å². The molecule has 0 rings (SSSR count). The van der Waals surface area contributed by atoms with E-state index in [1.54, 1.807) is 0 Å². The first-order chi connectivity index (χ1) is 4.63. The summed E-state index contributed by atoms with van der Waals surface area (Å²) in [6.07, 6.45) is 1.93. The Morgan fingerprint density at radius 1 is 0.909 bits per heavy atom. The van der Waals surface area contributed by atoms with E-state index in [0.717, 1.165) is 0 Å². The number of hydrogen-bond donors (Lipinski definition) is 0. The molecule has 0 unspecified atom stereocenters. The van der Waals surface area contributed by atoms with Crippen molar-refractivity contribution in [2.24, 2.45) is 0 Å². The van der Waals surface area contributed by atoms with E-state index in [0.29, 0.717) is 25.7 Å². The van der Waals surface area contributed by atoms with Gasteiger partial charge in [-0.1, -0.05) is 0 Å². The Morgan fingerprint density at radius 2 is 1.18 bits per heavy atom. The number of unbranched alkanes of at least 4 members (excludes halogenated alkanes) is 1. The lowest BCUT2D eigenvalue weighted by atomic mass is 10.2. The van der Waals surface area contributed by atoms with Crippen LogP contribution in [0, 0.1) is 0 Å². The minimum Gasteiger partial charge on any atom is -0.412 e. The molecule has 0 saturated heterocycles. The van der Waals surface area contributed by atoms with Gasteiger partial charge in [0.1, 0.15) is 0 Å². The van der Waals surface area contributed by atoms with E-state index < -0.39 is 0 Å². The minimum absolute atomic E-state index is 0. The molecule has 5 heteroatoms. The van der Waals surface area contributed by atoms with Crippen molar-refractivity contribution in [3.05, 3.63) is 0 Å². The number of carbonyl (C=O) groups excluding carboxylic acids is 2. The van der Waals surface area contributed by atoms with E-state index in [-0.39, 0.29) is 16.0 Å². The molecule has 0 aliphatic carbocycles. The third kappa shape index (κ3) is 13.0. The number of halogens is 2. The topological polar surface area (TPSA) is 65.6 Å². The summed E-state index contributed by atoms with van der Waals surface area (Å²) in [5, 5.41) is -0.718. The van der Waals surface area contributed by atoms with Gasteiger partial charge in [0.2, 0.25) is 10.5 Å². The smallest absolute Gasteiger partial charge is 0.221 e. The maximum Gasteiger partial charge on any atom is 0.221 e. The van der Waals surface area contributed by atoms with E-state index >= 15 is 0 Å². The lowest BCUT2D eigenvalue weighted by Gasteiger charge is -1.91. The zero-order valence-corrected chi connectivity index (χ0v) is 7.41. The largest absolute Gasteiger partial charge is 0.412 e. The molecule has 0 aliphatic rings. The van der Waals surface area contributed by atoms with Crippen LogP contribution in [0.4, 0.5) is 0 Å². The second kappa shape index (κ2) is 7.98. The van der Waals surface area contributed by atoms with Crippen LogP contribution in [0.3, 0.4) is 0 Å². The molecule has 0 fully saturated rings. The first-order valence-corrected chi connectivity index (χ1v) is 3.75. The van der Waals surface area contributed by atoms with Gasteiger partial charge in [0.15, 0.2) is 0 Å². The summed E-state index contributed by atoms with van der Waals surface area (Å²) in [5.41, 5.74) is 0. The number of carbonyl (C=O) groups is 2. The van der Waals surface area contributed by atoms with Crippen LogP contribution >= 0.6 is 23.2 Å². The van der Waals surface area contributed by atoms with Crippen molar-refractivity contribution in [3.8, 4) is 0 Å². The van der Waals surface area contributed by atoms with Crippen molar-refractivity contribution < 1.29 is 15.1 Å². The first-order valence-electron chi connectivity index (χ1n) is 2.99. The van der Waals surface area contributed by atoms with Crippen LogP contribution in [-0.2, 0) is 9.59 Å². The molecule has 2 N–H and O–H groups in total. The van der Waals surface area contributed by atoms with Crippen LogP contribution in [-0.4, -0.2) is 16.0 Å². The van der Waals surface area contributed by atoms with Gasteiger partial charge >= 0.3 is 0 Å². The molecule has 0 aromatic carbocycles. The van der Waals surface area contributed by atoms with Gasteiger partial charge in [0.25, 0.3) is 0 Å². The molecule has 0 aliphatic heterocycles. The standard InChI is InChI=1S/C6H8Cl2O2.H2O/c7-5(9)3-1-2-4-6(8)10;/h1-4H2;1H2. The SMILES string of the molecule is O.O=C(Cl)CCCCC(=O)Cl. The molecule has 0 heterocycles. The van der Waals surface area contributed by atoms with Crippen LogP contribution in [0.2, 0.25) is 0 Å². The zero-order valence-electron chi connectivity index (χ0n) is 5.90. The van der Waals surface area contributed by atoms with Gasteiger partial charge in [-0.2, -0.15) is 0 Å². The van der Waals surface area contributed by atoms with Gasteiger partial charge in [-0.3, -0.25) is 9.59 Å². The number of rotatable bonds is 5. The lowest BCUT2D eigenvalue weighted by molar-refractivity contribution is -0.113. The molecule has 66 valence electrons. The van der Waals surface area contributed by atoms with Crippen LogP contribution in [0.1, 0.15) is 25.7 Å². The van der Waals surface area contributed by atoms with Gasteiger partial charge in [0.05, 0.1) is 0 Å². The molecule has 0 radical (unpaired) electrons. The molecule has 0 aromatic heterocycles. The average Bonchev–Trinajstić information content (AvgIpc) is 1.79. The summed E-state index contributed by atoms with van der Waals surface area (Å²) >= 11 is 10.1. The maximum absolute atomic E-state index is 10.1. The quantitative estimate of drug-likeness (QED) is 0.496. The van der Waals surface area contributed by atoms with E-state index in [1.165, 1.54) is 0 Å². The van der Waals surface area contributed by atoms with Crippen molar-refractivity contribution >= 4 is 33.7 Å². The molecule has 0 spiro atoms. The fraction of sp³-hybridized carbons (Fsp3) is 0.667. The Bertz CT molecular complexity index is 120. The summed E-state index contributed by atoms with van der Waals surface area (Å²) in [6, 6.07) is 0.